The van der Waals surface area contributed by atoms with Crippen molar-refractivity contribution in [2.45, 2.75) is 19.8 Å². The molecular formula is C9H14NP. The van der Waals surface area contributed by atoms with E-state index in [0.29, 0.717) is 5.92 Å². The fraction of sp³-hybridized carbons (Fsp3) is 0.333. The highest BCUT2D eigenvalue weighted by molar-refractivity contribution is 7.27. The summed E-state index contributed by atoms with van der Waals surface area (Å²) < 4.78 is 0. The fourth-order valence-electron chi connectivity index (χ4n) is 1.12. The Kier molecular flexibility index (Phi) is 2.51. The molecule has 0 aliphatic rings. The van der Waals surface area contributed by atoms with E-state index in [9.17, 15) is 0 Å². The SMILES string of the molecule is CC(C)c1ccc(N)cc1P. The van der Waals surface area contributed by atoms with Crippen molar-refractivity contribution in [2.24, 2.45) is 0 Å². The van der Waals surface area contributed by atoms with E-state index >= 15 is 0 Å². The molecule has 0 amide bonds. The minimum absolute atomic E-state index is 0.572. The Bertz CT molecular complexity index is 256. The third kappa shape index (κ3) is 1.94. The van der Waals surface area contributed by atoms with Crippen LogP contribution in [0.1, 0.15) is 25.3 Å². The monoisotopic (exact) mass is 167 g/mol. The molecule has 0 radical (unpaired) electrons. The van der Waals surface area contributed by atoms with E-state index in [0.717, 1.165) is 5.69 Å². The average Bonchev–Trinajstić information content (AvgIpc) is 1.85. The van der Waals surface area contributed by atoms with Gasteiger partial charge in [-0.3, -0.25) is 0 Å². The minimum Gasteiger partial charge on any atom is -0.399 e. The molecule has 0 aliphatic carbocycles. The molecule has 1 aromatic rings. The molecule has 0 heterocycles. The van der Waals surface area contributed by atoms with Crippen LogP contribution >= 0.6 is 9.24 Å². The van der Waals surface area contributed by atoms with Gasteiger partial charge >= 0.3 is 0 Å². The quantitative estimate of drug-likeness (QED) is 0.501. The molecule has 0 aliphatic heterocycles. The maximum absolute atomic E-state index is 5.61. The minimum atomic E-state index is 0.572. The first-order chi connectivity index (χ1) is 5.11. The molecule has 0 bridgehead atoms. The second-order valence-corrected chi connectivity index (χ2v) is 3.67. The van der Waals surface area contributed by atoms with Gasteiger partial charge in [-0.1, -0.05) is 19.9 Å². The van der Waals surface area contributed by atoms with E-state index in [1.165, 1.54) is 10.9 Å². The number of benzene rings is 1. The molecular weight excluding hydrogens is 153 g/mol. The molecule has 2 heteroatoms. The molecule has 0 aromatic heterocycles. The summed E-state index contributed by atoms with van der Waals surface area (Å²) in [5.41, 5.74) is 7.80. The molecule has 0 fully saturated rings. The number of hydrogen-bond donors (Lipinski definition) is 1. The van der Waals surface area contributed by atoms with Crippen LogP contribution in [0.15, 0.2) is 18.2 Å². The largest absolute Gasteiger partial charge is 0.399 e. The highest BCUT2D eigenvalue weighted by Gasteiger charge is 2.01. The van der Waals surface area contributed by atoms with Gasteiger partial charge in [0.2, 0.25) is 0 Å². The Balaban J connectivity index is 3.09. The predicted molar refractivity (Wildman–Crippen MR) is 54.3 cm³/mol. The van der Waals surface area contributed by atoms with Gasteiger partial charge in [0.25, 0.3) is 0 Å². The van der Waals surface area contributed by atoms with Crippen LogP contribution in [-0.2, 0) is 0 Å². The Morgan fingerprint density at radius 2 is 2.00 bits per heavy atom. The Morgan fingerprint density at radius 3 is 2.45 bits per heavy atom. The topological polar surface area (TPSA) is 26.0 Å². The Hall–Kier alpha value is -0.550. The van der Waals surface area contributed by atoms with Gasteiger partial charge in [-0.15, -0.1) is 9.24 Å². The second-order valence-electron chi connectivity index (χ2n) is 3.04. The summed E-state index contributed by atoms with van der Waals surface area (Å²) in [7, 11) is 2.71. The van der Waals surface area contributed by atoms with Crippen LogP contribution in [0.25, 0.3) is 0 Å². The van der Waals surface area contributed by atoms with Crippen molar-refractivity contribution in [3.63, 3.8) is 0 Å². The van der Waals surface area contributed by atoms with Crippen molar-refractivity contribution in [2.75, 3.05) is 5.73 Å². The summed E-state index contributed by atoms with van der Waals surface area (Å²) >= 11 is 0. The normalized spacial score (nSPS) is 10.5. The van der Waals surface area contributed by atoms with Crippen LogP contribution in [-0.4, -0.2) is 0 Å². The lowest BCUT2D eigenvalue weighted by Crippen LogP contribution is -2.04. The van der Waals surface area contributed by atoms with Crippen molar-refractivity contribution in [1.82, 2.24) is 0 Å². The highest BCUT2D eigenvalue weighted by atomic mass is 31.0. The van der Waals surface area contributed by atoms with Gasteiger partial charge in [0.05, 0.1) is 0 Å². The average molecular weight is 167 g/mol. The van der Waals surface area contributed by atoms with Crippen molar-refractivity contribution >= 4 is 20.2 Å². The van der Waals surface area contributed by atoms with E-state index in [2.05, 4.69) is 29.2 Å². The molecule has 1 rings (SSSR count). The predicted octanol–water partition coefficient (Wildman–Crippen LogP) is 1.89. The van der Waals surface area contributed by atoms with Crippen LogP contribution in [0.3, 0.4) is 0 Å². The number of nitrogen functional groups attached to an aromatic ring is 1. The lowest BCUT2D eigenvalue weighted by molar-refractivity contribution is 0.874. The molecule has 0 saturated heterocycles. The summed E-state index contributed by atoms with van der Waals surface area (Å²) in [4.78, 5) is 0. The summed E-state index contributed by atoms with van der Waals surface area (Å²) in [6.45, 7) is 4.36. The van der Waals surface area contributed by atoms with E-state index in [1.807, 2.05) is 12.1 Å². The van der Waals surface area contributed by atoms with Crippen LogP contribution in [0.2, 0.25) is 0 Å². The lowest BCUT2D eigenvalue weighted by Gasteiger charge is -2.08. The summed E-state index contributed by atoms with van der Waals surface area (Å²) in [5.74, 6) is 0.572. The molecule has 1 aromatic carbocycles. The first-order valence-electron chi connectivity index (χ1n) is 3.76. The molecule has 0 saturated carbocycles. The van der Waals surface area contributed by atoms with Gasteiger partial charge in [0, 0.05) is 5.69 Å². The van der Waals surface area contributed by atoms with Crippen LogP contribution in [0, 0.1) is 0 Å². The van der Waals surface area contributed by atoms with Gasteiger partial charge in [0.15, 0.2) is 0 Å². The number of hydrogen-bond acceptors (Lipinski definition) is 1. The number of rotatable bonds is 1. The summed E-state index contributed by atoms with van der Waals surface area (Å²) in [5, 5.41) is 1.21. The zero-order valence-corrected chi connectivity index (χ0v) is 8.12. The maximum atomic E-state index is 5.61. The standard InChI is InChI=1S/C9H14NP/c1-6(2)8-4-3-7(10)5-9(8)11/h3-6H,10-11H2,1-2H3. The molecule has 2 N–H and O–H groups in total. The van der Waals surface area contributed by atoms with Crippen molar-refractivity contribution in [3.05, 3.63) is 23.8 Å². The number of anilines is 1. The van der Waals surface area contributed by atoms with Crippen molar-refractivity contribution < 1.29 is 0 Å². The Labute approximate surface area is 70.2 Å². The first-order valence-corrected chi connectivity index (χ1v) is 4.34. The maximum Gasteiger partial charge on any atom is 0.0320 e. The molecule has 1 nitrogen and oxygen atoms in total. The smallest absolute Gasteiger partial charge is 0.0320 e. The molecule has 1 atom stereocenters. The van der Waals surface area contributed by atoms with Crippen LogP contribution in [0.4, 0.5) is 5.69 Å². The van der Waals surface area contributed by atoms with E-state index in [-0.39, 0.29) is 0 Å². The molecule has 1 unspecified atom stereocenters. The third-order valence-corrected chi connectivity index (χ3v) is 2.23. The summed E-state index contributed by atoms with van der Waals surface area (Å²) in [6, 6.07) is 6.02. The zero-order valence-electron chi connectivity index (χ0n) is 6.96. The van der Waals surface area contributed by atoms with Gasteiger partial charge in [-0.2, -0.15) is 0 Å². The van der Waals surface area contributed by atoms with Gasteiger partial charge in [-0.05, 0) is 28.9 Å². The second kappa shape index (κ2) is 3.23. The molecule has 60 valence electrons. The van der Waals surface area contributed by atoms with E-state index < -0.39 is 0 Å². The lowest BCUT2D eigenvalue weighted by atomic mass is 10.0. The van der Waals surface area contributed by atoms with Gasteiger partial charge in [-0.25, -0.2) is 0 Å². The highest BCUT2D eigenvalue weighted by Crippen LogP contribution is 2.15. The summed E-state index contributed by atoms with van der Waals surface area (Å²) in [6.07, 6.45) is 0. The number of nitrogens with two attached hydrogens (primary N) is 1. The molecule has 11 heavy (non-hydrogen) atoms. The van der Waals surface area contributed by atoms with Crippen LogP contribution in [0.5, 0.6) is 0 Å². The van der Waals surface area contributed by atoms with Crippen molar-refractivity contribution in [3.8, 4) is 0 Å². The molecule has 0 spiro atoms. The third-order valence-electron chi connectivity index (χ3n) is 1.73. The Morgan fingerprint density at radius 1 is 1.36 bits per heavy atom. The van der Waals surface area contributed by atoms with E-state index in [4.69, 9.17) is 5.73 Å². The van der Waals surface area contributed by atoms with E-state index in [1.54, 1.807) is 0 Å². The van der Waals surface area contributed by atoms with Gasteiger partial charge < -0.3 is 5.73 Å². The van der Waals surface area contributed by atoms with Crippen LogP contribution < -0.4 is 11.0 Å². The van der Waals surface area contributed by atoms with Gasteiger partial charge in [0.1, 0.15) is 0 Å². The first kappa shape index (κ1) is 8.55. The zero-order chi connectivity index (χ0) is 8.43. The fourth-order valence-corrected chi connectivity index (χ4v) is 1.74. The van der Waals surface area contributed by atoms with Crippen molar-refractivity contribution in [1.29, 1.82) is 0 Å².